The molecule has 2 atom stereocenters. The maximum absolute atomic E-state index is 12.1. The molecule has 0 bridgehead atoms. The van der Waals surface area contributed by atoms with E-state index in [0.29, 0.717) is 12.3 Å². The van der Waals surface area contributed by atoms with Crippen LogP contribution in [0.3, 0.4) is 0 Å². The molecule has 0 fully saturated rings. The quantitative estimate of drug-likeness (QED) is 0.276. The smallest absolute Gasteiger partial charge is 0.252 e. The predicted octanol–water partition coefficient (Wildman–Crippen LogP) is 4.45. The molecule has 20 heavy (non-hydrogen) atoms. The van der Waals surface area contributed by atoms with Crippen molar-refractivity contribution < 1.29 is 12.6 Å². The summed E-state index contributed by atoms with van der Waals surface area (Å²) >= 11 is 2.04. The fraction of sp³-hybridized carbons (Fsp3) is 0.467. The first-order chi connectivity index (χ1) is 9.35. The van der Waals surface area contributed by atoms with Crippen molar-refractivity contribution in [2.75, 3.05) is 0 Å². The molecule has 0 aromatic heterocycles. The Bertz CT molecular complexity index is 523. The minimum Gasteiger partial charge on any atom is -0.252 e. The van der Waals surface area contributed by atoms with Crippen molar-refractivity contribution >= 4 is 32.7 Å². The van der Waals surface area contributed by atoms with Gasteiger partial charge < -0.3 is 0 Å². The van der Waals surface area contributed by atoms with Crippen LogP contribution >= 0.6 is 22.6 Å². The van der Waals surface area contributed by atoms with Gasteiger partial charge in [-0.2, -0.15) is 8.42 Å². The summed E-state index contributed by atoms with van der Waals surface area (Å²) in [5.74, 6) is 0.406. The first-order valence-electron chi connectivity index (χ1n) is 6.60. The second-order valence-electron chi connectivity index (χ2n) is 4.98. The van der Waals surface area contributed by atoms with Gasteiger partial charge in [0.05, 0.1) is 4.90 Å². The summed E-state index contributed by atoms with van der Waals surface area (Å²) < 4.78 is 29.1. The maximum atomic E-state index is 12.1. The topological polar surface area (TPSA) is 43.4 Å². The molecule has 0 saturated heterocycles. The number of aryl methyl sites for hydroxylation is 1. The van der Waals surface area contributed by atoms with E-state index in [9.17, 15) is 8.42 Å². The number of hydrogen-bond donors (Lipinski definition) is 0. The standard InChI is InChI=1S/C15H21IO3S/c1-4-5-6-13(3)11-15(16)19-20(17,18)14-9-7-12(2)8-10-14/h4,7-10,13,15H,1,5-6,11H2,2-3H3/t13?,15-/m1/s1. The maximum Gasteiger partial charge on any atom is 0.297 e. The van der Waals surface area contributed by atoms with Crippen molar-refractivity contribution in [3.05, 3.63) is 42.5 Å². The first-order valence-corrected chi connectivity index (χ1v) is 9.25. The molecule has 0 aliphatic rings. The lowest BCUT2D eigenvalue weighted by molar-refractivity contribution is 0.267. The molecule has 0 N–H and O–H groups in total. The van der Waals surface area contributed by atoms with Gasteiger partial charge in [0.15, 0.2) is 0 Å². The highest BCUT2D eigenvalue weighted by molar-refractivity contribution is 14.1. The Hall–Kier alpha value is -0.400. The average Bonchev–Trinajstić information content (AvgIpc) is 2.36. The van der Waals surface area contributed by atoms with E-state index in [-0.39, 0.29) is 9.01 Å². The Morgan fingerprint density at radius 1 is 1.35 bits per heavy atom. The fourth-order valence-electron chi connectivity index (χ4n) is 1.77. The van der Waals surface area contributed by atoms with Crippen LogP contribution in [0.4, 0.5) is 0 Å². The van der Waals surface area contributed by atoms with Crippen molar-refractivity contribution in [1.29, 1.82) is 0 Å². The zero-order valence-electron chi connectivity index (χ0n) is 11.9. The van der Waals surface area contributed by atoms with Gasteiger partial charge in [-0.15, -0.1) is 6.58 Å². The van der Waals surface area contributed by atoms with E-state index in [1.54, 1.807) is 24.3 Å². The lowest BCUT2D eigenvalue weighted by atomic mass is 10.0. The molecule has 0 aliphatic heterocycles. The molecule has 1 aromatic carbocycles. The van der Waals surface area contributed by atoms with E-state index in [4.69, 9.17) is 4.18 Å². The molecule has 112 valence electrons. The van der Waals surface area contributed by atoms with Gasteiger partial charge >= 0.3 is 0 Å². The number of rotatable bonds is 8. The van der Waals surface area contributed by atoms with Crippen molar-refractivity contribution in [3.63, 3.8) is 0 Å². The van der Waals surface area contributed by atoms with Gasteiger partial charge in [0, 0.05) is 0 Å². The Labute approximate surface area is 135 Å². The van der Waals surface area contributed by atoms with E-state index < -0.39 is 10.1 Å². The lowest BCUT2D eigenvalue weighted by Gasteiger charge is -2.16. The molecule has 0 spiro atoms. The van der Waals surface area contributed by atoms with Crippen LogP contribution < -0.4 is 0 Å². The summed E-state index contributed by atoms with van der Waals surface area (Å²) in [5, 5.41) is 0. The van der Waals surface area contributed by atoms with Crippen LogP contribution in [0.25, 0.3) is 0 Å². The van der Waals surface area contributed by atoms with Gasteiger partial charge in [-0.3, -0.25) is 4.18 Å². The van der Waals surface area contributed by atoms with E-state index in [1.165, 1.54) is 0 Å². The molecule has 3 nitrogen and oxygen atoms in total. The number of alkyl halides is 1. The lowest BCUT2D eigenvalue weighted by Crippen LogP contribution is -2.15. The highest BCUT2D eigenvalue weighted by atomic mass is 127. The highest BCUT2D eigenvalue weighted by Gasteiger charge is 2.21. The third kappa shape index (κ3) is 5.93. The SMILES string of the molecule is C=CCCC(C)C[C@H](I)OS(=O)(=O)c1ccc(C)cc1. The fourth-order valence-corrected chi connectivity index (χ4v) is 4.40. The Morgan fingerprint density at radius 3 is 2.50 bits per heavy atom. The summed E-state index contributed by atoms with van der Waals surface area (Å²) in [7, 11) is -3.67. The molecule has 0 amide bonds. The molecule has 0 aliphatic carbocycles. The first kappa shape index (κ1) is 17.7. The average molecular weight is 408 g/mol. The van der Waals surface area contributed by atoms with Gasteiger partial charge in [0.1, 0.15) is 4.11 Å². The number of halogens is 1. The van der Waals surface area contributed by atoms with Crippen LogP contribution in [0.15, 0.2) is 41.8 Å². The highest BCUT2D eigenvalue weighted by Crippen LogP contribution is 2.24. The van der Waals surface area contributed by atoms with Crippen LogP contribution in [-0.4, -0.2) is 12.5 Å². The summed E-state index contributed by atoms with van der Waals surface area (Å²) in [6.07, 6.45) is 4.52. The Balaban J connectivity index is 2.61. The zero-order valence-corrected chi connectivity index (χ0v) is 14.9. The second-order valence-corrected chi connectivity index (χ2v) is 7.94. The van der Waals surface area contributed by atoms with Gasteiger partial charge in [-0.1, -0.05) is 30.7 Å². The Morgan fingerprint density at radius 2 is 1.95 bits per heavy atom. The predicted molar refractivity (Wildman–Crippen MR) is 90.5 cm³/mol. The van der Waals surface area contributed by atoms with Crippen molar-refractivity contribution in [2.45, 2.75) is 42.1 Å². The van der Waals surface area contributed by atoms with Crippen LogP contribution in [-0.2, 0) is 14.3 Å². The second kappa shape index (κ2) is 8.14. The van der Waals surface area contributed by atoms with Crippen LogP contribution in [0.5, 0.6) is 0 Å². The third-order valence-corrected chi connectivity index (χ3v) is 5.44. The summed E-state index contributed by atoms with van der Waals surface area (Å²) in [5.41, 5.74) is 1.02. The summed E-state index contributed by atoms with van der Waals surface area (Å²) in [6.45, 7) is 7.70. The van der Waals surface area contributed by atoms with Crippen molar-refractivity contribution in [3.8, 4) is 0 Å². The van der Waals surface area contributed by atoms with E-state index in [0.717, 1.165) is 18.4 Å². The van der Waals surface area contributed by atoms with E-state index in [2.05, 4.69) is 13.5 Å². The van der Waals surface area contributed by atoms with Crippen LogP contribution in [0, 0.1) is 12.8 Å². The van der Waals surface area contributed by atoms with E-state index in [1.807, 2.05) is 35.6 Å². The van der Waals surface area contributed by atoms with Crippen LogP contribution in [0.1, 0.15) is 31.7 Å². The molecular weight excluding hydrogens is 387 g/mol. The van der Waals surface area contributed by atoms with Gasteiger partial charge in [0.25, 0.3) is 10.1 Å². The zero-order chi connectivity index (χ0) is 15.2. The number of hydrogen-bond acceptors (Lipinski definition) is 3. The third-order valence-electron chi connectivity index (χ3n) is 2.99. The van der Waals surface area contributed by atoms with Crippen molar-refractivity contribution in [1.82, 2.24) is 0 Å². The Kier molecular flexibility index (Phi) is 7.19. The molecule has 1 rings (SSSR count). The minimum atomic E-state index is -3.67. The molecule has 1 aromatic rings. The molecule has 0 heterocycles. The van der Waals surface area contributed by atoms with Crippen molar-refractivity contribution in [2.24, 2.45) is 5.92 Å². The summed E-state index contributed by atoms with van der Waals surface area (Å²) in [6, 6.07) is 6.70. The monoisotopic (exact) mass is 408 g/mol. The minimum absolute atomic E-state index is 0.212. The molecule has 5 heteroatoms. The normalized spacial score (nSPS) is 14.8. The molecular formula is C15H21IO3S. The van der Waals surface area contributed by atoms with Gasteiger partial charge in [0.2, 0.25) is 0 Å². The molecule has 1 unspecified atom stereocenters. The number of benzene rings is 1. The van der Waals surface area contributed by atoms with E-state index >= 15 is 0 Å². The van der Waals surface area contributed by atoms with Crippen LogP contribution in [0.2, 0.25) is 0 Å². The summed E-state index contributed by atoms with van der Waals surface area (Å²) in [4.78, 5) is 0.212. The van der Waals surface area contributed by atoms with Gasteiger partial charge in [-0.25, -0.2) is 0 Å². The molecule has 0 radical (unpaired) electrons. The molecule has 0 saturated carbocycles. The van der Waals surface area contributed by atoms with Gasteiger partial charge in [-0.05, 0) is 66.8 Å². The largest absolute Gasteiger partial charge is 0.297 e. The number of allylic oxidation sites excluding steroid dienone is 1.